The molecule has 4 aliphatic heterocycles. The number of amides is 6. The summed E-state index contributed by atoms with van der Waals surface area (Å²) in [6, 6.07) is 16.8. The normalized spacial score (nSPS) is 21.9. The van der Waals surface area contributed by atoms with Gasteiger partial charge in [0.25, 0.3) is 23.6 Å². The van der Waals surface area contributed by atoms with Crippen LogP contribution in [0, 0.1) is 18.3 Å². The zero-order valence-corrected chi connectivity index (χ0v) is 33.7. The van der Waals surface area contributed by atoms with Gasteiger partial charge >= 0.3 is 0 Å². The van der Waals surface area contributed by atoms with Gasteiger partial charge < -0.3 is 14.7 Å². The fraction of sp³-hybridized carbons (Fsp3) is 0.405. The van der Waals surface area contributed by atoms with E-state index in [1.54, 1.807) is 39.9 Å². The lowest BCUT2D eigenvalue weighted by molar-refractivity contribution is -0.143. The van der Waals surface area contributed by atoms with Crippen LogP contribution in [0.2, 0.25) is 0 Å². The average molecular weight is 868 g/mol. The molecule has 5 aliphatic rings. The summed E-state index contributed by atoms with van der Waals surface area (Å²) in [5.74, 6) is -2.05. The van der Waals surface area contributed by atoms with Crippen LogP contribution in [0.25, 0.3) is 0 Å². The van der Waals surface area contributed by atoms with Crippen LogP contribution < -0.4 is 4.90 Å². The van der Waals surface area contributed by atoms with Crippen molar-refractivity contribution in [3.63, 3.8) is 0 Å². The third-order valence-corrected chi connectivity index (χ3v) is 13.4. The minimum atomic E-state index is -1.01. The number of hydrogen-bond donors (Lipinski definition) is 0. The number of nitriles is 1. The molecule has 2 fully saturated rings. The number of carbonyl (C=O) groups is 6. The van der Waals surface area contributed by atoms with Gasteiger partial charge in [0.1, 0.15) is 6.04 Å². The van der Waals surface area contributed by atoms with Gasteiger partial charge in [-0.3, -0.25) is 38.6 Å². The number of anilines is 1. The van der Waals surface area contributed by atoms with Crippen molar-refractivity contribution in [2.45, 2.75) is 89.8 Å². The average Bonchev–Trinajstić information content (AvgIpc) is 3.88. The third kappa shape index (κ3) is 6.64. The molecule has 1 saturated heterocycles. The molecule has 1 unspecified atom stereocenters. The van der Waals surface area contributed by atoms with E-state index < -0.39 is 23.8 Å². The van der Waals surface area contributed by atoms with Gasteiger partial charge in [0, 0.05) is 70.0 Å². The lowest BCUT2D eigenvalue weighted by atomic mass is 9.89. The first kappa shape index (κ1) is 37.8. The summed E-state index contributed by atoms with van der Waals surface area (Å²) in [7, 11) is 3.98. The van der Waals surface area contributed by atoms with Gasteiger partial charge in [-0.15, -0.1) is 0 Å². The van der Waals surface area contributed by atoms with E-state index in [0.717, 1.165) is 67.2 Å². The van der Waals surface area contributed by atoms with E-state index >= 15 is 0 Å². The fourth-order valence-corrected chi connectivity index (χ4v) is 9.56. The number of fused-ring (bicyclic) bond motifs is 3. The first-order chi connectivity index (χ1) is 26.8. The Morgan fingerprint density at radius 3 is 2.07 bits per heavy atom. The molecule has 3 aromatic rings. The van der Waals surface area contributed by atoms with Gasteiger partial charge in [-0.2, -0.15) is 5.26 Å². The predicted molar refractivity (Wildman–Crippen MR) is 213 cm³/mol. The Bertz CT molecular complexity index is 2220. The van der Waals surface area contributed by atoms with Crippen molar-refractivity contribution in [2.75, 3.05) is 25.5 Å². The lowest BCUT2D eigenvalue weighted by Crippen LogP contribution is -2.53. The summed E-state index contributed by atoms with van der Waals surface area (Å²) in [5.41, 5.74) is 7.57. The number of piperidine rings is 1. The van der Waals surface area contributed by atoms with Crippen molar-refractivity contribution in [3.05, 3.63) is 98.6 Å². The van der Waals surface area contributed by atoms with E-state index in [9.17, 15) is 34.0 Å². The standard InChI is InChI=1S/C42H42IN7O6/c1-24-14-33(7-6-26(24)18-44)45(2)31-8-10-32(11-9-31)46(3)39(53)25-4-5-27-21-48(22-28(27)15-25)38(52)23-47-19-29-16-34-35(17-30(29)20-47)41(55)49(40(34)54)36-12-13-37(51)50(43)42(36)56/h4-7,14-17,31-32,36H,8-13,19-23H2,1-3H3. The molecule has 0 N–H and O–H groups in total. The smallest absolute Gasteiger partial charge is 0.262 e. The minimum absolute atomic E-state index is 0.0219. The van der Waals surface area contributed by atoms with Crippen molar-refractivity contribution in [1.82, 2.24) is 22.7 Å². The van der Waals surface area contributed by atoms with Gasteiger partial charge in [0.15, 0.2) is 0 Å². The maximum atomic E-state index is 13.7. The number of aryl methyl sites for hydroxylation is 1. The molecule has 0 aromatic heterocycles. The molecule has 1 atom stereocenters. The highest BCUT2D eigenvalue weighted by molar-refractivity contribution is 14.1. The molecule has 14 heteroatoms. The Hall–Kier alpha value is -5.14. The molecule has 3 aromatic carbocycles. The van der Waals surface area contributed by atoms with E-state index in [-0.39, 0.29) is 54.3 Å². The van der Waals surface area contributed by atoms with Gasteiger partial charge in [-0.1, -0.05) is 6.07 Å². The molecule has 8 rings (SSSR count). The first-order valence-corrected chi connectivity index (χ1v) is 20.0. The highest BCUT2D eigenvalue weighted by Gasteiger charge is 2.47. The zero-order valence-electron chi connectivity index (χ0n) is 31.6. The van der Waals surface area contributed by atoms with Gasteiger partial charge in [0.2, 0.25) is 11.8 Å². The highest BCUT2D eigenvalue weighted by atomic mass is 127. The summed E-state index contributed by atoms with van der Waals surface area (Å²) in [6.45, 7) is 3.87. The third-order valence-electron chi connectivity index (χ3n) is 12.4. The van der Waals surface area contributed by atoms with E-state index in [0.29, 0.717) is 43.3 Å². The summed E-state index contributed by atoms with van der Waals surface area (Å²) in [5, 5.41) is 9.29. The zero-order chi connectivity index (χ0) is 39.6. The molecule has 0 spiro atoms. The first-order valence-electron chi connectivity index (χ1n) is 19.0. The molecule has 6 amide bonds. The Morgan fingerprint density at radius 1 is 0.804 bits per heavy atom. The van der Waals surface area contributed by atoms with E-state index in [4.69, 9.17) is 0 Å². The predicted octanol–water partition coefficient (Wildman–Crippen LogP) is 4.71. The van der Waals surface area contributed by atoms with E-state index in [1.165, 1.54) is 0 Å². The van der Waals surface area contributed by atoms with Crippen LogP contribution in [0.3, 0.4) is 0 Å². The highest BCUT2D eigenvalue weighted by Crippen LogP contribution is 2.35. The van der Waals surface area contributed by atoms with Crippen molar-refractivity contribution in [3.8, 4) is 6.07 Å². The van der Waals surface area contributed by atoms with Crippen molar-refractivity contribution in [2.24, 2.45) is 0 Å². The molecule has 0 radical (unpaired) electrons. The molecule has 1 aliphatic carbocycles. The number of nitrogens with zero attached hydrogens (tertiary/aromatic N) is 7. The van der Waals surface area contributed by atoms with Crippen LogP contribution in [-0.2, 0) is 40.6 Å². The van der Waals surface area contributed by atoms with Gasteiger partial charge in [-0.25, -0.2) is 3.11 Å². The maximum Gasteiger partial charge on any atom is 0.262 e. The molecule has 1 saturated carbocycles. The number of rotatable bonds is 7. The molecule has 0 bridgehead atoms. The second kappa shape index (κ2) is 14.7. The van der Waals surface area contributed by atoms with Crippen LogP contribution in [0.1, 0.15) is 103 Å². The van der Waals surface area contributed by atoms with Crippen molar-refractivity contribution in [1.29, 1.82) is 5.26 Å². The monoisotopic (exact) mass is 867 g/mol. The Morgan fingerprint density at radius 2 is 1.43 bits per heavy atom. The van der Waals surface area contributed by atoms with Crippen molar-refractivity contribution < 1.29 is 28.8 Å². The van der Waals surface area contributed by atoms with E-state index in [1.807, 2.05) is 54.1 Å². The summed E-state index contributed by atoms with van der Waals surface area (Å²) < 4.78 is 0.954. The van der Waals surface area contributed by atoms with E-state index in [2.05, 4.69) is 24.1 Å². The summed E-state index contributed by atoms with van der Waals surface area (Å²) in [6.07, 6.45) is 3.90. The number of carbonyl (C=O) groups excluding carboxylic acids is 6. The van der Waals surface area contributed by atoms with Gasteiger partial charge in [-0.05, 0) is 109 Å². The number of hydrogen-bond acceptors (Lipinski definition) is 9. The SMILES string of the molecule is Cc1cc(N(C)C2CCC(N(C)C(=O)c3ccc4c(c3)CN(C(=O)CN3Cc5cc6c(cc5C3)C(=O)N(C3CCC(=O)N(I)C3=O)C6=O)C4)CC2)ccc1C#N. The lowest BCUT2D eigenvalue weighted by Gasteiger charge is -2.39. The largest absolute Gasteiger partial charge is 0.372 e. The number of imide groups is 2. The Kier molecular flexibility index (Phi) is 9.94. The minimum Gasteiger partial charge on any atom is -0.372 e. The Balaban J connectivity index is 0.846. The second-order valence-electron chi connectivity index (χ2n) is 15.7. The topological polar surface area (TPSA) is 146 Å². The molecule has 13 nitrogen and oxygen atoms in total. The van der Waals surface area contributed by atoms with Crippen LogP contribution in [0.4, 0.5) is 5.69 Å². The number of benzene rings is 3. The summed E-state index contributed by atoms with van der Waals surface area (Å²) >= 11 is 1.62. The van der Waals surface area contributed by atoms with Crippen LogP contribution in [-0.4, -0.2) is 96.9 Å². The quantitative estimate of drug-likeness (QED) is 0.187. The van der Waals surface area contributed by atoms with Gasteiger partial charge in [0.05, 0.1) is 52.2 Å². The second-order valence-corrected chi connectivity index (χ2v) is 16.7. The fourth-order valence-electron chi connectivity index (χ4n) is 9.00. The Labute approximate surface area is 339 Å². The van der Waals surface area contributed by atoms with Crippen LogP contribution >= 0.6 is 22.9 Å². The maximum absolute atomic E-state index is 13.7. The summed E-state index contributed by atoms with van der Waals surface area (Å²) in [4.78, 5) is 87.8. The van der Waals surface area contributed by atoms with Crippen LogP contribution in [0.5, 0.6) is 0 Å². The molecule has 288 valence electrons. The molecular weight excluding hydrogens is 825 g/mol. The molecule has 4 heterocycles. The van der Waals surface area contributed by atoms with Crippen LogP contribution in [0.15, 0.2) is 48.5 Å². The molecule has 56 heavy (non-hydrogen) atoms. The molecular formula is C42H42IN7O6. The number of halogens is 1. The van der Waals surface area contributed by atoms with Crippen molar-refractivity contribution >= 4 is 64.0 Å².